The minimum absolute atomic E-state index is 0.0586. The Morgan fingerprint density at radius 3 is 2.71 bits per heavy atom. The van der Waals surface area contributed by atoms with Gasteiger partial charge in [-0.15, -0.1) is 0 Å². The predicted molar refractivity (Wildman–Crippen MR) is 145 cm³/mol. The molecule has 3 atom stereocenters. The van der Waals surface area contributed by atoms with Gasteiger partial charge < -0.3 is 20.7 Å². The van der Waals surface area contributed by atoms with Crippen molar-refractivity contribution in [2.24, 2.45) is 16.6 Å². The molecule has 1 saturated heterocycles. The van der Waals surface area contributed by atoms with Crippen molar-refractivity contribution in [1.82, 2.24) is 9.88 Å². The summed E-state index contributed by atoms with van der Waals surface area (Å²) < 4.78 is 34.7. The molecule has 0 saturated carbocycles. The minimum atomic E-state index is -1.69. The Kier molecular flexibility index (Phi) is 8.39. The van der Waals surface area contributed by atoms with Crippen LogP contribution >= 0.6 is 23.4 Å². The second-order valence-electron chi connectivity index (χ2n) is 9.30. The summed E-state index contributed by atoms with van der Waals surface area (Å²) in [5, 5.41) is 3.09. The highest BCUT2D eigenvalue weighted by Gasteiger charge is 2.52. The zero-order valence-corrected chi connectivity index (χ0v) is 22.5. The number of alkyl halides is 1. The molecule has 0 radical (unpaired) electrons. The number of hydrogen-bond donors (Lipinski definition) is 2. The van der Waals surface area contributed by atoms with E-state index < -0.39 is 34.6 Å². The number of aliphatic imine (C=N–C) groups is 1. The van der Waals surface area contributed by atoms with Crippen LogP contribution in [0.2, 0.25) is 5.02 Å². The van der Waals surface area contributed by atoms with Crippen LogP contribution in [0.5, 0.6) is 0 Å². The predicted octanol–water partition coefficient (Wildman–Crippen LogP) is 4.16. The van der Waals surface area contributed by atoms with Crippen molar-refractivity contribution in [1.29, 1.82) is 0 Å². The van der Waals surface area contributed by atoms with Crippen molar-refractivity contribution in [3.8, 4) is 0 Å². The van der Waals surface area contributed by atoms with Gasteiger partial charge in [0.25, 0.3) is 5.91 Å². The van der Waals surface area contributed by atoms with Crippen molar-refractivity contribution in [2.45, 2.75) is 24.1 Å². The molecule has 0 aliphatic carbocycles. The fourth-order valence-corrected chi connectivity index (χ4v) is 5.84. The van der Waals surface area contributed by atoms with E-state index in [2.05, 4.69) is 15.3 Å². The summed E-state index contributed by atoms with van der Waals surface area (Å²) in [6, 6.07) is 6.84. The van der Waals surface area contributed by atoms with Gasteiger partial charge in [0.1, 0.15) is 23.7 Å². The van der Waals surface area contributed by atoms with E-state index in [1.807, 2.05) is 6.92 Å². The molecular formula is C26H28ClF2N5O3S. The molecule has 1 aromatic heterocycles. The molecule has 1 fully saturated rings. The highest BCUT2D eigenvalue weighted by molar-refractivity contribution is 8.15. The Balaban J connectivity index is 1.65. The summed E-state index contributed by atoms with van der Waals surface area (Å²) in [6.45, 7) is 4.40. The van der Waals surface area contributed by atoms with Gasteiger partial charge in [0.15, 0.2) is 5.17 Å². The van der Waals surface area contributed by atoms with Crippen LogP contribution < -0.4 is 11.1 Å². The van der Waals surface area contributed by atoms with Crippen LogP contribution in [0.4, 0.5) is 14.5 Å². The summed E-state index contributed by atoms with van der Waals surface area (Å²) in [5.74, 6) is -2.07. The fourth-order valence-electron chi connectivity index (χ4n) is 4.56. The van der Waals surface area contributed by atoms with Gasteiger partial charge in [-0.1, -0.05) is 36.4 Å². The number of nitrogens with two attached hydrogens (primary N) is 1. The number of aromatic nitrogens is 1. The number of nitrogens with one attached hydrogen (secondary N) is 1. The number of amides is 2. The zero-order valence-electron chi connectivity index (χ0n) is 20.9. The Morgan fingerprint density at radius 1 is 1.32 bits per heavy atom. The first-order chi connectivity index (χ1) is 18.1. The number of thioether (sulfide) groups is 1. The molecule has 3 N–H and O–H groups in total. The number of amidine groups is 1. The van der Waals surface area contributed by atoms with Crippen molar-refractivity contribution >= 4 is 46.0 Å². The number of pyridine rings is 1. The van der Waals surface area contributed by atoms with Crippen LogP contribution in [0.1, 0.15) is 29.9 Å². The number of carbonyl (C=O) groups excluding carboxylic acids is 2. The number of halogens is 3. The third-order valence-corrected chi connectivity index (χ3v) is 8.40. The number of benzene rings is 1. The van der Waals surface area contributed by atoms with Crippen molar-refractivity contribution < 1.29 is 23.1 Å². The van der Waals surface area contributed by atoms with Crippen LogP contribution in [0.15, 0.2) is 53.7 Å². The highest BCUT2D eigenvalue weighted by atomic mass is 35.5. The molecule has 4 rings (SSSR count). The standard InChI is InChI=1S/C26H28ClF2N5O3S/c1-16-25(2,8-7-22(35)34-9-11-37-12-10-34)38-24(30)33-26(16,15-28)19-13-18(4-5-20(19)29)32-23(36)21-6-3-17(27)14-31-21/h3-8,13-14,16H,9-12,15H2,1-2H3,(H2,30,33)(H,32,36)/b8-7+/t16-,25-,26+/m1/s1. The van der Waals surface area contributed by atoms with Crippen LogP contribution in [-0.2, 0) is 15.1 Å². The summed E-state index contributed by atoms with van der Waals surface area (Å²) >= 11 is 7.02. The Bertz CT molecular complexity index is 1270. The average Bonchev–Trinajstić information content (AvgIpc) is 2.91. The average molecular weight is 564 g/mol. The van der Waals surface area contributed by atoms with Gasteiger partial charge in [0.2, 0.25) is 5.91 Å². The number of anilines is 1. The lowest BCUT2D eigenvalue weighted by molar-refractivity contribution is -0.130. The van der Waals surface area contributed by atoms with Gasteiger partial charge in [0, 0.05) is 47.3 Å². The zero-order chi connectivity index (χ0) is 27.5. The van der Waals surface area contributed by atoms with E-state index in [0.29, 0.717) is 31.3 Å². The van der Waals surface area contributed by atoms with Crippen LogP contribution in [0.25, 0.3) is 0 Å². The normalized spacial score (nSPS) is 25.8. The third-order valence-electron chi connectivity index (χ3n) is 6.94. The molecule has 8 nitrogen and oxygen atoms in total. The summed E-state index contributed by atoms with van der Waals surface area (Å²) in [4.78, 5) is 35.4. The lowest BCUT2D eigenvalue weighted by atomic mass is 9.73. The van der Waals surface area contributed by atoms with E-state index in [0.717, 1.165) is 6.07 Å². The lowest BCUT2D eigenvalue weighted by Gasteiger charge is -2.46. The third kappa shape index (κ3) is 5.69. The Labute approximate surface area is 228 Å². The number of nitrogens with zero attached hydrogens (tertiary/aromatic N) is 3. The molecule has 38 heavy (non-hydrogen) atoms. The van der Waals surface area contributed by atoms with Crippen molar-refractivity contribution in [3.05, 3.63) is 70.8 Å². The topological polar surface area (TPSA) is 110 Å². The first kappa shape index (κ1) is 28.0. The number of morpholine rings is 1. The van der Waals surface area contributed by atoms with E-state index in [9.17, 15) is 14.0 Å². The first-order valence-corrected chi connectivity index (χ1v) is 13.2. The van der Waals surface area contributed by atoms with Crippen LogP contribution in [0, 0.1) is 11.7 Å². The van der Waals surface area contributed by atoms with E-state index >= 15 is 4.39 Å². The lowest BCUT2D eigenvalue weighted by Crippen LogP contribution is -2.50. The summed E-state index contributed by atoms with van der Waals surface area (Å²) in [5.41, 5.74) is 4.74. The number of rotatable bonds is 6. The van der Waals surface area contributed by atoms with E-state index in [4.69, 9.17) is 22.1 Å². The Morgan fingerprint density at radius 2 is 2.05 bits per heavy atom. The van der Waals surface area contributed by atoms with E-state index in [1.54, 1.807) is 17.9 Å². The summed E-state index contributed by atoms with van der Waals surface area (Å²) in [7, 11) is 0. The minimum Gasteiger partial charge on any atom is -0.378 e. The van der Waals surface area contributed by atoms with Gasteiger partial charge in [-0.2, -0.15) is 0 Å². The van der Waals surface area contributed by atoms with Gasteiger partial charge in [-0.25, -0.2) is 18.8 Å². The smallest absolute Gasteiger partial charge is 0.274 e. The molecule has 202 valence electrons. The second-order valence-corrected chi connectivity index (χ2v) is 11.2. The molecule has 0 spiro atoms. The number of hydrogen-bond acceptors (Lipinski definition) is 7. The second kappa shape index (κ2) is 11.4. The Hall–Kier alpha value is -3.02. The monoisotopic (exact) mass is 563 g/mol. The maximum absolute atomic E-state index is 15.3. The quantitative estimate of drug-likeness (QED) is 0.511. The molecule has 3 heterocycles. The molecular weight excluding hydrogens is 536 g/mol. The van der Waals surface area contributed by atoms with Crippen LogP contribution in [0.3, 0.4) is 0 Å². The molecule has 2 aromatic rings. The maximum Gasteiger partial charge on any atom is 0.274 e. The molecule has 2 amide bonds. The molecule has 12 heteroatoms. The van der Waals surface area contributed by atoms with Gasteiger partial charge >= 0.3 is 0 Å². The maximum atomic E-state index is 15.3. The van der Waals surface area contributed by atoms with Crippen molar-refractivity contribution in [2.75, 3.05) is 38.3 Å². The molecule has 0 unspecified atom stereocenters. The molecule has 2 aliphatic rings. The molecule has 1 aromatic carbocycles. The van der Waals surface area contributed by atoms with Crippen molar-refractivity contribution in [3.63, 3.8) is 0 Å². The highest BCUT2D eigenvalue weighted by Crippen LogP contribution is 2.51. The van der Waals surface area contributed by atoms with E-state index in [1.165, 1.54) is 48.3 Å². The van der Waals surface area contributed by atoms with Crippen LogP contribution in [-0.4, -0.2) is 64.6 Å². The van der Waals surface area contributed by atoms with Gasteiger partial charge in [-0.05, 0) is 37.3 Å². The number of carbonyl (C=O) groups is 2. The molecule has 0 bridgehead atoms. The number of ether oxygens (including phenoxy) is 1. The fraction of sp³-hybridized carbons (Fsp3) is 0.385. The molecule has 2 aliphatic heterocycles. The van der Waals surface area contributed by atoms with E-state index in [-0.39, 0.29) is 28.0 Å². The first-order valence-electron chi connectivity index (χ1n) is 12.0. The summed E-state index contributed by atoms with van der Waals surface area (Å²) in [6.07, 6.45) is 4.46. The largest absolute Gasteiger partial charge is 0.378 e. The SMILES string of the molecule is C[C@@H]1[C@@](C)(/C=C/C(=O)N2CCOCC2)SC(N)=N[C@]1(CF)c1cc(NC(=O)c2ccc(Cl)cn2)ccc1F. The van der Waals surface area contributed by atoms with Gasteiger partial charge in [-0.3, -0.25) is 9.59 Å². The van der Waals surface area contributed by atoms with Gasteiger partial charge in [0.05, 0.1) is 18.2 Å².